The molecule has 1 aromatic carbocycles. The molecule has 1 fully saturated rings. The molecule has 0 saturated carbocycles. The van der Waals surface area contributed by atoms with Crippen LogP contribution in [-0.4, -0.2) is 43.5 Å². The topological polar surface area (TPSA) is 89.7 Å². The number of rotatable bonds is 4. The first-order valence-corrected chi connectivity index (χ1v) is 10.3. The molecular formula is C21H25N7O. The van der Waals surface area contributed by atoms with Gasteiger partial charge in [-0.05, 0) is 57.3 Å². The van der Waals surface area contributed by atoms with E-state index in [1.165, 1.54) is 0 Å². The van der Waals surface area contributed by atoms with E-state index in [4.69, 9.17) is 0 Å². The Morgan fingerprint density at radius 3 is 2.72 bits per heavy atom. The molecule has 29 heavy (non-hydrogen) atoms. The van der Waals surface area contributed by atoms with Gasteiger partial charge in [0.25, 0.3) is 5.91 Å². The quantitative estimate of drug-likeness (QED) is 0.712. The average Bonchev–Trinajstić information content (AvgIpc) is 3.45. The van der Waals surface area contributed by atoms with Gasteiger partial charge in [0.15, 0.2) is 11.5 Å². The zero-order valence-corrected chi connectivity index (χ0v) is 16.6. The highest BCUT2D eigenvalue weighted by Gasteiger charge is 2.28. The molecule has 150 valence electrons. The molecule has 8 nitrogen and oxygen atoms in total. The van der Waals surface area contributed by atoms with Crippen molar-refractivity contribution in [3.8, 4) is 5.69 Å². The number of nitrogens with zero attached hydrogens (tertiary/aromatic N) is 5. The Morgan fingerprint density at radius 1 is 1.14 bits per heavy atom. The van der Waals surface area contributed by atoms with E-state index in [0.29, 0.717) is 17.6 Å². The van der Waals surface area contributed by atoms with Crippen LogP contribution < -0.4 is 10.6 Å². The smallest absolute Gasteiger partial charge is 0.278 e. The van der Waals surface area contributed by atoms with Crippen molar-refractivity contribution in [1.82, 2.24) is 29.9 Å². The molecule has 8 heteroatoms. The molecule has 0 spiro atoms. The van der Waals surface area contributed by atoms with Gasteiger partial charge in [-0.25, -0.2) is 9.36 Å². The molecule has 0 radical (unpaired) electrons. The lowest BCUT2D eigenvalue weighted by atomic mass is 9.98. The minimum absolute atomic E-state index is 0.217. The fourth-order valence-corrected chi connectivity index (χ4v) is 4.33. The summed E-state index contributed by atoms with van der Waals surface area (Å²) in [6, 6.07) is 9.98. The number of amides is 1. The van der Waals surface area contributed by atoms with E-state index >= 15 is 0 Å². The van der Waals surface area contributed by atoms with Crippen LogP contribution in [0.15, 0.2) is 30.3 Å². The van der Waals surface area contributed by atoms with E-state index in [-0.39, 0.29) is 5.91 Å². The lowest BCUT2D eigenvalue weighted by molar-refractivity contribution is 0.101. The second-order valence-corrected chi connectivity index (χ2v) is 7.77. The molecule has 3 heterocycles. The number of aryl methyl sites for hydroxylation is 1. The summed E-state index contributed by atoms with van der Waals surface area (Å²) >= 11 is 0. The first-order valence-electron chi connectivity index (χ1n) is 10.3. The number of nitrogens with one attached hydrogen (secondary N) is 2. The van der Waals surface area contributed by atoms with Crippen LogP contribution in [0.25, 0.3) is 5.69 Å². The number of carbonyl (C=O) groups is 1. The lowest BCUT2D eigenvalue weighted by Gasteiger charge is -2.19. The Kier molecular flexibility index (Phi) is 4.63. The number of para-hydroxylation sites is 1. The van der Waals surface area contributed by atoms with Crippen LogP contribution in [0.2, 0.25) is 0 Å². The highest BCUT2D eigenvalue weighted by Crippen LogP contribution is 2.28. The van der Waals surface area contributed by atoms with Crippen molar-refractivity contribution in [1.29, 1.82) is 0 Å². The van der Waals surface area contributed by atoms with Crippen LogP contribution >= 0.6 is 0 Å². The van der Waals surface area contributed by atoms with Crippen molar-refractivity contribution < 1.29 is 4.79 Å². The Balaban J connectivity index is 1.41. The molecule has 3 aromatic rings. The molecule has 5 rings (SSSR count). The van der Waals surface area contributed by atoms with Gasteiger partial charge < -0.3 is 5.32 Å². The van der Waals surface area contributed by atoms with Gasteiger partial charge in [0, 0.05) is 24.2 Å². The molecular weight excluding hydrogens is 366 g/mol. The normalized spacial score (nSPS) is 16.7. The monoisotopic (exact) mass is 391 g/mol. The first kappa shape index (κ1) is 18.1. The van der Waals surface area contributed by atoms with Gasteiger partial charge >= 0.3 is 0 Å². The number of fused-ring (bicyclic) bond motifs is 1. The third kappa shape index (κ3) is 3.33. The fraction of sp³-hybridized carbons (Fsp3) is 0.429. The number of carbonyl (C=O) groups excluding carboxylic acids is 1. The van der Waals surface area contributed by atoms with Crippen LogP contribution in [0.1, 0.15) is 52.8 Å². The van der Waals surface area contributed by atoms with Gasteiger partial charge in [-0.3, -0.25) is 10.1 Å². The molecule has 0 bridgehead atoms. The summed E-state index contributed by atoms with van der Waals surface area (Å²) in [5.74, 6) is 1.41. The SMILES string of the molecule is Cn1nc(C2CCNCC2)nc1NC(=O)c1nn(-c2ccccc2)c2c1CCC2. The number of aromatic nitrogens is 5. The summed E-state index contributed by atoms with van der Waals surface area (Å²) in [5.41, 5.74) is 3.66. The van der Waals surface area contributed by atoms with E-state index < -0.39 is 0 Å². The minimum Gasteiger partial charge on any atom is -0.317 e. The van der Waals surface area contributed by atoms with E-state index in [1.807, 2.05) is 42.1 Å². The van der Waals surface area contributed by atoms with Crippen molar-refractivity contribution in [2.45, 2.75) is 38.0 Å². The first-order chi connectivity index (χ1) is 14.2. The maximum absolute atomic E-state index is 13.1. The largest absolute Gasteiger partial charge is 0.317 e. The van der Waals surface area contributed by atoms with Crippen LogP contribution in [0.4, 0.5) is 5.95 Å². The molecule has 2 N–H and O–H groups in total. The van der Waals surface area contributed by atoms with E-state index in [2.05, 4.69) is 25.8 Å². The zero-order chi connectivity index (χ0) is 19.8. The molecule has 0 unspecified atom stereocenters. The van der Waals surface area contributed by atoms with Crippen LogP contribution in [0.5, 0.6) is 0 Å². The molecule has 1 aliphatic heterocycles. The molecule has 0 atom stereocenters. The number of hydrogen-bond donors (Lipinski definition) is 2. The maximum atomic E-state index is 13.1. The Hall–Kier alpha value is -3.00. The van der Waals surface area contributed by atoms with E-state index in [1.54, 1.807) is 4.68 Å². The van der Waals surface area contributed by atoms with Crippen molar-refractivity contribution in [2.75, 3.05) is 18.4 Å². The van der Waals surface area contributed by atoms with E-state index in [9.17, 15) is 4.79 Å². The number of hydrogen-bond acceptors (Lipinski definition) is 5. The summed E-state index contributed by atoms with van der Waals surface area (Å²) in [7, 11) is 1.82. The summed E-state index contributed by atoms with van der Waals surface area (Å²) in [4.78, 5) is 17.7. The third-order valence-corrected chi connectivity index (χ3v) is 5.86. The molecule has 1 amide bonds. The Labute approximate surface area is 169 Å². The number of piperidine rings is 1. The van der Waals surface area contributed by atoms with Gasteiger partial charge in [-0.1, -0.05) is 18.2 Å². The highest BCUT2D eigenvalue weighted by molar-refractivity contribution is 6.03. The van der Waals surface area contributed by atoms with Crippen molar-refractivity contribution in [2.24, 2.45) is 7.05 Å². The summed E-state index contributed by atoms with van der Waals surface area (Å²) < 4.78 is 3.57. The fourth-order valence-electron chi connectivity index (χ4n) is 4.33. The predicted octanol–water partition coefficient (Wildman–Crippen LogP) is 2.21. The van der Waals surface area contributed by atoms with Gasteiger partial charge in [0.05, 0.1) is 5.69 Å². The highest BCUT2D eigenvalue weighted by atomic mass is 16.2. The number of benzene rings is 1. The van der Waals surface area contributed by atoms with Crippen LogP contribution in [0, 0.1) is 0 Å². The second-order valence-electron chi connectivity index (χ2n) is 7.77. The molecule has 2 aliphatic rings. The molecule has 1 saturated heterocycles. The minimum atomic E-state index is -0.217. The standard InChI is InChI=1S/C21H25N7O/c1-27-21(23-19(26-27)14-10-12-22-13-11-14)24-20(29)18-16-8-5-9-17(16)28(25-18)15-6-3-2-4-7-15/h2-4,6-7,14,22H,5,8-13H2,1H3,(H,23,24,26,29). The Bertz CT molecular complexity index is 1030. The van der Waals surface area contributed by atoms with Gasteiger partial charge in [0.1, 0.15) is 0 Å². The summed E-state index contributed by atoms with van der Waals surface area (Å²) in [6.45, 7) is 1.96. The Morgan fingerprint density at radius 2 is 1.93 bits per heavy atom. The average molecular weight is 391 g/mol. The summed E-state index contributed by atoms with van der Waals surface area (Å²) in [6.07, 6.45) is 4.90. The van der Waals surface area contributed by atoms with Crippen molar-refractivity contribution >= 4 is 11.9 Å². The molecule has 1 aliphatic carbocycles. The van der Waals surface area contributed by atoms with Gasteiger partial charge in [-0.15, -0.1) is 0 Å². The maximum Gasteiger partial charge on any atom is 0.278 e. The molecule has 2 aromatic heterocycles. The number of anilines is 1. The third-order valence-electron chi connectivity index (χ3n) is 5.86. The van der Waals surface area contributed by atoms with Gasteiger partial charge in [0.2, 0.25) is 5.95 Å². The van der Waals surface area contributed by atoms with Gasteiger partial charge in [-0.2, -0.15) is 15.2 Å². The predicted molar refractivity (Wildman–Crippen MR) is 109 cm³/mol. The van der Waals surface area contributed by atoms with Crippen molar-refractivity contribution in [3.63, 3.8) is 0 Å². The van der Waals surface area contributed by atoms with Crippen LogP contribution in [-0.2, 0) is 19.9 Å². The zero-order valence-electron chi connectivity index (χ0n) is 16.6. The van der Waals surface area contributed by atoms with Crippen molar-refractivity contribution in [3.05, 3.63) is 53.1 Å². The lowest BCUT2D eigenvalue weighted by Crippen LogP contribution is -2.27. The second kappa shape index (κ2) is 7.44. The van der Waals surface area contributed by atoms with Crippen LogP contribution in [0.3, 0.4) is 0 Å². The van der Waals surface area contributed by atoms with E-state index in [0.717, 1.165) is 68.0 Å². The summed E-state index contributed by atoms with van der Waals surface area (Å²) in [5, 5.41) is 15.5.